The minimum atomic E-state index is 0.00862. The number of benzene rings is 2. The van der Waals surface area contributed by atoms with Gasteiger partial charge in [-0.25, -0.2) is 0 Å². The molecule has 2 unspecified atom stereocenters. The van der Waals surface area contributed by atoms with Crippen LogP contribution in [0.4, 0.5) is 0 Å². The van der Waals surface area contributed by atoms with E-state index in [4.69, 9.17) is 14.2 Å². The molecule has 2 aromatic carbocycles. The van der Waals surface area contributed by atoms with Crippen LogP contribution in [0.25, 0.3) is 0 Å². The molecule has 0 aliphatic rings. The third-order valence-corrected chi connectivity index (χ3v) is 8.20. The predicted octanol–water partition coefficient (Wildman–Crippen LogP) is 11.8. The van der Waals surface area contributed by atoms with Crippen molar-refractivity contribution in [2.75, 3.05) is 24.2 Å². The molecule has 0 heterocycles. The second kappa shape index (κ2) is 26.4. The normalized spacial score (nSPS) is 13.3. The molecule has 2 aromatic rings. The lowest BCUT2D eigenvalue weighted by molar-refractivity contribution is -0.168. The lowest BCUT2D eigenvalue weighted by atomic mass is 10.0. The Balaban J connectivity index is 1.72. The largest absolute Gasteiger partial charge is 0.347 e. The van der Waals surface area contributed by atoms with Gasteiger partial charge in [-0.1, -0.05) is 143 Å². The Morgan fingerprint density at radius 3 is 1.29 bits per heavy atom. The van der Waals surface area contributed by atoms with Crippen LogP contribution in [0.2, 0.25) is 0 Å². The highest BCUT2D eigenvalue weighted by Gasteiger charge is 2.13. The number of unbranched alkanes of at least 4 members (excludes halogenated alkanes) is 8. The zero-order chi connectivity index (χ0) is 29.1. The van der Waals surface area contributed by atoms with Crippen molar-refractivity contribution < 1.29 is 14.2 Å². The molecule has 0 bridgehead atoms. The molecule has 0 saturated heterocycles. The van der Waals surface area contributed by atoms with Crippen molar-refractivity contribution in [1.82, 2.24) is 0 Å². The molecular weight excluding hydrogens is 640 g/mol. The van der Waals surface area contributed by atoms with E-state index in [2.05, 4.69) is 105 Å². The smallest absolute Gasteiger partial charge is 0.150 e. The standard InChI is InChI=1S/C36H52Br2O3/c37-29-21-11-7-3-1-5-9-19-27-35(33-23-15-13-16-24-33)40-31-39-32-41-36(34-25-17-14-18-26-34)28-20-10-6-2-4-8-12-22-30-38/h5-6,9-10,13-18,23-26,35-36H,1-4,7-8,11-12,19-22,27-32H2. The highest BCUT2D eigenvalue weighted by Crippen LogP contribution is 2.25. The van der Waals surface area contributed by atoms with Crippen LogP contribution < -0.4 is 0 Å². The van der Waals surface area contributed by atoms with Gasteiger partial charge in [-0.2, -0.15) is 0 Å². The summed E-state index contributed by atoms with van der Waals surface area (Å²) in [5.74, 6) is 0. The minimum Gasteiger partial charge on any atom is -0.347 e. The molecule has 2 atom stereocenters. The first kappa shape index (κ1) is 36.0. The topological polar surface area (TPSA) is 27.7 Å². The molecule has 0 spiro atoms. The molecule has 2 rings (SSSR count). The molecule has 3 nitrogen and oxygen atoms in total. The summed E-state index contributed by atoms with van der Waals surface area (Å²) in [4.78, 5) is 0. The monoisotopic (exact) mass is 690 g/mol. The van der Waals surface area contributed by atoms with Gasteiger partial charge < -0.3 is 14.2 Å². The molecule has 0 amide bonds. The van der Waals surface area contributed by atoms with Crippen LogP contribution in [-0.4, -0.2) is 24.2 Å². The van der Waals surface area contributed by atoms with Gasteiger partial charge in [0.05, 0.1) is 12.2 Å². The predicted molar refractivity (Wildman–Crippen MR) is 182 cm³/mol. The number of halogens is 2. The van der Waals surface area contributed by atoms with Crippen LogP contribution in [0.15, 0.2) is 85.0 Å². The maximum atomic E-state index is 6.19. The molecule has 0 fully saturated rings. The van der Waals surface area contributed by atoms with E-state index in [0.29, 0.717) is 0 Å². The Morgan fingerprint density at radius 2 is 0.878 bits per heavy atom. The Labute approximate surface area is 267 Å². The Morgan fingerprint density at radius 1 is 0.488 bits per heavy atom. The van der Waals surface area contributed by atoms with Gasteiger partial charge in [-0.05, 0) is 75.3 Å². The van der Waals surface area contributed by atoms with E-state index < -0.39 is 0 Å². The van der Waals surface area contributed by atoms with Crippen molar-refractivity contribution in [3.05, 3.63) is 96.1 Å². The van der Waals surface area contributed by atoms with Gasteiger partial charge in [-0.15, -0.1) is 0 Å². The second-order valence-electron chi connectivity index (χ2n) is 10.5. The minimum absolute atomic E-state index is 0.00862. The average molecular weight is 693 g/mol. The fraction of sp³-hybridized carbons (Fsp3) is 0.556. The molecule has 0 N–H and O–H groups in total. The summed E-state index contributed by atoms with van der Waals surface area (Å²) in [6, 6.07) is 20.9. The zero-order valence-electron chi connectivity index (χ0n) is 24.9. The van der Waals surface area contributed by atoms with Crippen molar-refractivity contribution in [3.8, 4) is 0 Å². The third-order valence-electron chi connectivity index (χ3n) is 7.08. The maximum Gasteiger partial charge on any atom is 0.150 e. The van der Waals surface area contributed by atoms with Crippen molar-refractivity contribution in [3.63, 3.8) is 0 Å². The van der Waals surface area contributed by atoms with Gasteiger partial charge in [0, 0.05) is 10.7 Å². The van der Waals surface area contributed by atoms with E-state index in [9.17, 15) is 0 Å². The van der Waals surface area contributed by atoms with E-state index in [1.54, 1.807) is 0 Å². The van der Waals surface area contributed by atoms with E-state index in [-0.39, 0.29) is 25.8 Å². The number of rotatable bonds is 26. The van der Waals surface area contributed by atoms with Gasteiger partial charge in [0.15, 0.2) is 0 Å². The van der Waals surface area contributed by atoms with Crippen LogP contribution in [0, 0.1) is 0 Å². The molecule has 41 heavy (non-hydrogen) atoms. The second-order valence-corrected chi connectivity index (χ2v) is 12.0. The molecule has 5 heteroatoms. The Hall–Kier alpha value is -1.24. The summed E-state index contributed by atoms with van der Waals surface area (Å²) in [6.07, 6.45) is 25.8. The quantitative estimate of drug-likeness (QED) is 0.0425. The van der Waals surface area contributed by atoms with E-state index in [0.717, 1.165) is 49.2 Å². The summed E-state index contributed by atoms with van der Waals surface area (Å²) in [5, 5.41) is 2.23. The lowest BCUT2D eigenvalue weighted by Crippen LogP contribution is -2.12. The number of hydrogen-bond donors (Lipinski definition) is 0. The van der Waals surface area contributed by atoms with Crippen molar-refractivity contribution >= 4 is 31.9 Å². The van der Waals surface area contributed by atoms with Crippen LogP contribution in [0.5, 0.6) is 0 Å². The van der Waals surface area contributed by atoms with Crippen molar-refractivity contribution in [2.45, 2.75) is 102 Å². The summed E-state index contributed by atoms with van der Waals surface area (Å²) < 4.78 is 18.2. The fourth-order valence-electron chi connectivity index (χ4n) is 4.71. The van der Waals surface area contributed by atoms with Crippen molar-refractivity contribution in [1.29, 1.82) is 0 Å². The number of alkyl halides is 2. The van der Waals surface area contributed by atoms with E-state index in [1.807, 2.05) is 12.1 Å². The highest BCUT2D eigenvalue weighted by molar-refractivity contribution is 9.09. The first-order valence-corrected chi connectivity index (χ1v) is 17.9. The summed E-state index contributed by atoms with van der Waals surface area (Å²) >= 11 is 7.01. The number of hydrogen-bond acceptors (Lipinski definition) is 3. The van der Waals surface area contributed by atoms with Crippen molar-refractivity contribution in [2.24, 2.45) is 0 Å². The van der Waals surface area contributed by atoms with Crippen LogP contribution in [-0.2, 0) is 14.2 Å². The average Bonchev–Trinajstić information content (AvgIpc) is 3.01. The van der Waals surface area contributed by atoms with Gasteiger partial charge in [0.1, 0.15) is 13.6 Å². The van der Waals surface area contributed by atoms with Crippen LogP contribution >= 0.6 is 31.9 Å². The Kier molecular flexibility index (Phi) is 23.1. The van der Waals surface area contributed by atoms with E-state index >= 15 is 0 Å². The van der Waals surface area contributed by atoms with E-state index in [1.165, 1.54) is 62.5 Å². The fourth-order valence-corrected chi connectivity index (χ4v) is 5.50. The first-order valence-electron chi connectivity index (χ1n) is 15.7. The first-order chi connectivity index (χ1) is 20.3. The number of allylic oxidation sites excluding steroid dienone is 4. The Bertz CT molecular complexity index is 815. The zero-order valence-corrected chi connectivity index (χ0v) is 28.1. The maximum absolute atomic E-state index is 6.19. The highest BCUT2D eigenvalue weighted by atomic mass is 79.9. The lowest BCUT2D eigenvalue weighted by Gasteiger charge is -2.20. The van der Waals surface area contributed by atoms with Gasteiger partial charge in [-0.3, -0.25) is 0 Å². The summed E-state index contributed by atoms with van der Waals surface area (Å²) in [7, 11) is 0. The van der Waals surface area contributed by atoms with Gasteiger partial charge in [0.25, 0.3) is 0 Å². The summed E-state index contributed by atoms with van der Waals surface area (Å²) in [6.45, 7) is 0.431. The third kappa shape index (κ3) is 18.8. The molecular formula is C36H52Br2O3. The molecule has 0 aliphatic carbocycles. The summed E-state index contributed by atoms with van der Waals surface area (Å²) in [5.41, 5.74) is 2.38. The molecule has 228 valence electrons. The van der Waals surface area contributed by atoms with Crippen LogP contribution in [0.3, 0.4) is 0 Å². The number of ether oxygens (including phenoxy) is 3. The molecule has 0 aromatic heterocycles. The SMILES string of the molecule is BrCCCCCCC=CCCC(OCOCOC(CCC=CCCCCCCBr)c1ccccc1)c1ccccc1. The van der Waals surface area contributed by atoms with Gasteiger partial charge in [0.2, 0.25) is 0 Å². The molecule has 0 radical (unpaired) electrons. The van der Waals surface area contributed by atoms with Gasteiger partial charge >= 0.3 is 0 Å². The molecule has 0 aliphatic heterocycles. The van der Waals surface area contributed by atoms with Crippen LogP contribution in [0.1, 0.15) is 113 Å². The molecule has 0 saturated carbocycles.